The quantitative estimate of drug-likeness (QED) is 0.508. The van der Waals surface area contributed by atoms with Crippen LogP contribution in [0.4, 0.5) is 5.69 Å². The molecule has 0 saturated heterocycles. The van der Waals surface area contributed by atoms with Crippen LogP contribution in [-0.2, 0) is 4.79 Å². The highest BCUT2D eigenvalue weighted by molar-refractivity contribution is 8.00. The maximum Gasteiger partial charge on any atom is 0.242 e. The standard InChI is InChI=1S/C20H15Cl2NOS/c21-15-11-12-18(17(22)13-15)23-20(24)19(14-7-3-1-4-8-14)25-16-9-5-2-6-10-16/h1-13,19H,(H,23,24)/t19-/m1/s1. The number of amides is 1. The van der Waals surface area contributed by atoms with E-state index >= 15 is 0 Å². The molecule has 0 aliphatic rings. The third-order valence-electron chi connectivity index (χ3n) is 3.53. The number of rotatable bonds is 5. The van der Waals surface area contributed by atoms with Crippen LogP contribution in [0.15, 0.2) is 83.8 Å². The molecule has 3 aromatic rings. The van der Waals surface area contributed by atoms with Crippen molar-refractivity contribution in [2.24, 2.45) is 0 Å². The number of halogens is 2. The topological polar surface area (TPSA) is 29.1 Å². The Hall–Kier alpha value is -1.94. The molecule has 0 bridgehead atoms. The Balaban J connectivity index is 1.87. The van der Waals surface area contributed by atoms with Gasteiger partial charge in [-0.05, 0) is 35.9 Å². The van der Waals surface area contributed by atoms with Gasteiger partial charge in [-0.15, -0.1) is 11.8 Å². The summed E-state index contributed by atoms with van der Waals surface area (Å²) in [6.07, 6.45) is 0. The van der Waals surface area contributed by atoms with Crippen LogP contribution in [0.3, 0.4) is 0 Å². The Morgan fingerprint density at radius 3 is 2.16 bits per heavy atom. The third kappa shape index (κ3) is 4.79. The summed E-state index contributed by atoms with van der Waals surface area (Å²) >= 11 is 13.6. The first kappa shape index (κ1) is 17.9. The molecule has 0 heterocycles. The van der Waals surface area contributed by atoms with Gasteiger partial charge in [0.2, 0.25) is 5.91 Å². The Morgan fingerprint density at radius 1 is 0.880 bits per heavy atom. The molecule has 2 nitrogen and oxygen atoms in total. The zero-order chi connectivity index (χ0) is 17.6. The van der Waals surface area contributed by atoms with Crippen molar-refractivity contribution >= 4 is 46.6 Å². The molecular weight excluding hydrogens is 373 g/mol. The van der Waals surface area contributed by atoms with Crippen molar-refractivity contribution < 1.29 is 4.79 Å². The van der Waals surface area contributed by atoms with Gasteiger partial charge in [0.15, 0.2) is 0 Å². The molecule has 1 N–H and O–H groups in total. The average Bonchev–Trinajstić information content (AvgIpc) is 2.63. The summed E-state index contributed by atoms with van der Waals surface area (Å²) in [5.41, 5.74) is 1.48. The predicted octanol–water partition coefficient (Wildman–Crippen LogP) is 6.47. The number of hydrogen-bond donors (Lipinski definition) is 1. The molecule has 3 rings (SSSR count). The smallest absolute Gasteiger partial charge is 0.242 e. The normalized spacial score (nSPS) is 11.8. The Labute approximate surface area is 161 Å². The summed E-state index contributed by atoms with van der Waals surface area (Å²) in [5.74, 6) is -0.135. The van der Waals surface area contributed by atoms with E-state index in [1.165, 1.54) is 11.8 Å². The molecule has 0 unspecified atom stereocenters. The van der Waals surface area contributed by atoms with Gasteiger partial charge in [0.05, 0.1) is 10.7 Å². The van der Waals surface area contributed by atoms with Crippen molar-refractivity contribution in [1.29, 1.82) is 0 Å². The highest BCUT2D eigenvalue weighted by atomic mass is 35.5. The van der Waals surface area contributed by atoms with E-state index in [1.807, 2.05) is 60.7 Å². The second kappa shape index (κ2) is 8.43. The van der Waals surface area contributed by atoms with E-state index in [4.69, 9.17) is 23.2 Å². The number of thioether (sulfide) groups is 1. The fraction of sp³-hybridized carbons (Fsp3) is 0.0500. The second-order valence-electron chi connectivity index (χ2n) is 5.34. The summed E-state index contributed by atoms with van der Waals surface area (Å²) in [4.78, 5) is 14.0. The molecule has 0 aliphatic heterocycles. The van der Waals surface area contributed by atoms with Crippen molar-refractivity contribution in [1.82, 2.24) is 0 Å². The van der Waals surface area contributed by atoms with E-state index in [1.54, 1.807) is 18.2 Å². The average molecular weight is 388 g/mol. The lowest BCUT2D eigenvalue weighted by Crippen LogP contribution is -2.19. The van der Waals surface area contributed by atoms with Gasteiger partial charge in [-0.2, -0.15) is 0 Å². The molecule has 0 saturated carbocycles. The summed E-state index contributed by atoms with van der Waals surface area (Å²) < 4.78 is 0. The second-order valence-corrected chi connectivity index (χ2v) is 7.36. The molecule has 5 heteroatoms. The van der Waals surface area contributed by atoms with E-state index in [9.17, 15) is 4.79 Å². The molecule has 0 aromatic heterocycles. The lowest BCUT2D eigenvalue weighted by Gasteiger charge is -2.17. The Kier molecular flexibility index (Phi) is 6.03. The minimum atomic E-state index is -0.393. The highest BCUT2D eigenvalue weighted by Crippen LogP contribution is 2.37. The van der Waals surface area contributed by atoms with Gasteiger partial charge in [0, 0.05) is 9.92 Å². The van der Waals surface area contributed by atoms with Crippen LogP contribution in [0.2, 0.25) is 10.0 Å². The zero-order valence-electron chi connectivity index (χ0n) is 13.2. The first-order valence-electron chi connectivity index (χ1n) is 7.66. The van der Waals surface area contributed by atoms with E-state index in [0.717, 1.165) is 10.5 Å². The van der Waals surface area contributed by atoms with Crippen LogP contribution in [0.25, 0.3) is 0 Å². The van der Waals surface area contributed by atoms with Crippen molar-refractivity contribution in [2.45, 2.75) is 10.1 Å². The molecule has 1 atom stereocenters. The lowest BCUT2D eigenvalue weighted by atomic mass is 10.1. The van der Waals surface area contributed by atoms with E-state index in [-0.39, 0.29) is 5.91 Å². The highest BCUT2D eigenvalue weighted by Gasteiger charge is 2.22. The number of carbonyl (C=O) groups is 1. The number of nitrogens with one attached hydrogen (secondary N) is 1. The van der Waals surface area contributed by atoms with Crippen LogP contribution >= 0.6 is 35.0 Å². The minimum absolute atomic E-state index is 0.135. The minimum Gasteiger partial charge on any atom is -0.323 e. The van der Waals surface area contributed by atoms with Gasteiger partial charge in [0.25, 0.3) is 0 Å². The monoisotopic (exact) mass is 387 g/mol. The Bertz CT molecular complexity index is 856. The lowest BCUT2D eigenvalue weighted by molar-refractivity contribution is -0.115. The molecule has 0 aliphatic carbocycles. The molecule has 1 amide bonds. The fourth-order valence-electron chi connectivity index (χ4n) is 2.33. The maximum atomic E-state index is 12.9. The molecule has 3 aromatic carbocycles. The number of carbonyl (C=O) groups excluding carboxylic acids is 1. The summed E-state index contributed by atoms with van der Waals surface area (Å²) in [6.45, 7) is 0. The summed E-state index contributed by atoms with van der Waals surface area (Å²) in [7, 11) is 0. The van der Waals surface area contributed by atoms with Gasteiger partial charge in [-0.3, -0.25) is 4.79 Å². The molecule has 0 spiro atoms. The van der Waals surface area contributed by atoms with Crippen molar-refractivity contribution in [2.75, 3.05) is 5.32 Å². The SMILES string of the molecule is O=C(Nc1ccc(Cl)cc1Cl)[C@H](Sc1ccccc1)c1ccccc1. The maximum absolute atomic E-state index is 12.9. The van der Waals surface area contributed by atoms with Crippen LogP contribution in [0.5, 0.6) is 0 Å². The predicted molar refractivity (Wildman–Crippen MR) is 107 cm³/mol. The van der Waals surface area contributed by atoms with Crippen molar-refractivity contribution in [3.63, 3.8) is 0 Å². The van der Waals surface area contributed by atoms with Crippen LogP contribution < -0.4 is 5.32 Å². The summed E-state index contributed by atoms with van der Waals surface area (Å²) in [5, 5.41) is 3.46. The fourth-order valence-corrected chi connectivity index (χ4v) is 3.83. The van der Waals surface area contributed by atoms with Crippen molar-refractivity contribution in [3.8, 4) is 0 Å². The van der Waals surface area contributed by atoms with Gasteiger partial charge >= 0.3 is 0 Å². The van der Waals surface area contributed by atoms with Gasteiger partial charge in [-0.25, -0.2) is 0 Å². The van der Waals surface area contributed by atoms with Gasteiger partial charge in [0.1, 0.15) is 5.25 Å². The van der Waals surface area contributed by atoms with E-state index in [2.05, 4.69) is 5.32 Å². The van der Waals surface area contributed by atoms with Crippen LogP contribution in [-0.4, -0.2) is 5.91 Å². The van der Waals surface area contributed by atoms with E-state index in [0.29, 0.717) is 15.7 Å². The van der Waals surface area contributed by atoms with Gasteiger partial charge in [-0.1, -0.05) is 71.7 Å². The van der Waals surface area contributed by atoms with Gasteiger partial charge < -0.3 is 5.32 Å². The first-order chi connectivity index (χ1) is 12.1. The van der Waals surface area contributed by atoms with E-state index < -0.39 is 5.25 Å². The summed E-state index contributed by atoms with van der Waals surface area (Å²) in [6, 6.07) is 24.5. The zero-order valence-corrected chi connectivity index (χ0v) is 15.5. The van der Waals surface area contributed by atoms with Crippen LogP contribution in [0.1, 0.15) is 10.8 Å². The molecular formula is C20H15Cl2NOS. The largest absolute Gasteiger partial charge is 0.323 e. The molecule has 25 heavy (non-hydrogen) atoms. The number of benzene rings is 3. The first-order valence-corrected chi connectivity index (χ1v) is 9.29. The molecule has 0 fully saturated rings. The third-order valence-corrected chi connectivity index (χ3v) is 5.34. The van der Waals surface area contributed by atoms with Crippen molar-refractivity contribution in [3.05, 3.63) is 94.5 Å². The molecule has 0 radical (unpaired) electrons. The van der Waals surface area contributed by atoms with Crippen LogP contribution in [0, 0.1) is 0 Å². The number of anilines is 1. The molecule has 126 valence electrons. The number of hydrogen-bond acceptors (Lipinski definition) is 2. The Morgan fingerprint density at radius 2 is 1.52 bits per heavy atom.